The van der Waals surface area contributed by atoms with Crippen LogP contribution in [-0.4, -0.2) is 13.2 Å². The van der Waals surface area contributed by atoms with Crippen LogP contribution in [0.3, 0.4) is 0 Å². The van der Waals surface area contributed by atoms with Crippen LogP contribution in [0.25, 0.3) is 6.08 Å². The molecule has 0 atom stereocenters. The largest absolute Gasteiger partial charge is 0.493 e. The molecular weight excluding hydrogens is 198 g/mol. The Balaban J connectivity index is 3.02. The van der Waals surface area contributed by atoms with Gasteiger partial charge >= 0.3 is 0 Å². The molecule has 16 heavy (non-hydrogen) atoms. The molecule has 0 heterocycles. The summed E-state index contributed by atoms with van der Waals surface area (Å²) in [5, 5.41) is 0. The summed E-state index contributed by atoms with van der Waals surface area (Å²) in [5.74, 6) is 1.40. The van der Waals surface area contributed by atoms with Gasteiger partial charge in [0.15, 0.2) is 0 Å². The van der Waals surface area contributed by atoms with Crippen LogP contribution >= 0.6 is 0 Å². The van der Waals surface area contributed by atoms with Gasteiger partial charge in [-0.05, 0) is 18.9 Å². The van der Waals surface area contributed by atoms with Gasteiger partial charge in [0.25, 0.3) is 0 Å². The van der Waals surface area contributed by atoms with Crippen molar-refractivity contribution in [3.63, 3.8) is 0 Å². The predicted molar refractivity (Wildman–Crippen MR) is 69.5 cm³/mol. The zero-order valence-corrected chi connectivity index (χ0v) is 10.4. The van der Waals surface area contributed by atoms with E-state index in [4.69, 9.17) is 10.5 Å². The average molecular weight is 219 g/mol. The van der Waals surface area contributed by atoms with E-state index >= 15 is 0 Å². The normalized spacial score (nSPS) is 11.9. The quantitative estimate of drug-likeness (QED) is 0.826. The molecule has 0 aliphatic rings. The first-order chi connectivity index (χ1) is 7.69. The van der Waals surface area contributed by atoms with Crippen LogP contribution < -0.4 is 10.5 Å². The van der Waals surface area contributed by atoms with Crippen molar-refractivity contribution in [3.05, 3.63) is 35.4 Å². The van der Waals surface area contributed by atoms with Gasteiger partial charge in [0.1, 0.15) is 5.75 Å². The van der Waals surface area contributed by atoms with E-state index in [9.17, 15) is 0 Å². The van der Waals surface area contributed by atoms with Crippen molar-refractivity contribution in [2.75, 3.05) is 13.2 Å². The van der Waals surface area contributed by atoms with Crippen LogP contribution in [-0.2, 0) is 0 Å². The molecule has 2 N–H and O–H groups in total. The number of hydrogen-bond acceptors (Lipinski definition) is 2. The van der Waals surface area contributed by atoms with Crippen molar-refractivity contribution in [1.29, 1.82) is 0 Å². The van der Waals surface area contributed by atoms with E-state index in [1.807, 2.05) is 25.1 Å². The van der Waals surface area contributed by atoms with Crippen molar-refractivity contribution in [2.24, 2.45) is 11.7 Å². The van der Waals surface area contributed by atoms with Crippen LogP contribution in [0.2, 0.25) is 0 Å². The van der Waals surface area contributed by atoms with Crippen LogP contribution in [0.4, 0.5) is 0 Å². The Labute approximate surface area is 98.1 Å². The summed E-state index contributed by atoms with van der Waals surface area (Å²) in [6.07, 6.45) is 2.13. The molecule has 0 aliphatic heterocycles. The second-order valence-electron chi connectivity index (χ2n) is 4.05. The minimum absolute atomic E-state index is 0.472. The number of hydrogen-bond donors (Lipinski definition) is 1. The van der Waals surface area contributed by atoms with Gasteiger partial charge in [-0.3, -0.25) is 0 Å². The lowest BCUT2D eigenvalue weighted by Gasteiger charge is -2.11. The summed E-state index contributed by atoms with van der Waals surface area (Å²) in [6.45, 7) is 7.58. The smallest absolute Gasteiger partial charge is 0.126 e. The molecule has 1 aromatic rings. The number of para-hydroxylation sites is 1. The van der Waals surface area contributed by atoms with E-state index in [1.165, 1.54) is 5.57 Å². The topological polar surface area (TPSA) is 35.2 Å². The monoisotopic (exact) mass is 219 g/mol. The Morgan fingerprint density at radius 3 is 2.62 bits per heavy atom. The van der Waals surface area contributed by atoms with Gasteiger partial charge in [-0.25, -0.2) is 0 Å². The van der Waals surface area contributed by atoms with Gasteiger partial charge in [-0.2, -0.15) is 0 Å². The molecular formula is C14H21NO. The zero-order valence-electron chi connectivity index (χ0n) is 10.4. The number of nitrogens with two attached hydrogens (primary N) is 1. The van der Waals surface area contributed by atoms with Crippen molar-refractivity contribution in [3.8, 4) is 5.75 Å². The highest BCUT2D eigenvalue weighted by atomic mass is 16.5. The molecule has 2 heteroatoms. The highest BCUT2D eigenvalue weighted by molar-refractivity contribution is 5.60. The molecule has 0 amide bonds. The Hall–Kier alpha value is -1.28. The van der Waals surface area contributed by atoms with Gasteiger partial charge in [0, 0.05) is 12.1 Å². The van der Waals surface area contributed by atoms with Crippen LogP contribution in [0.1, 0.15) is 26.3 Å². The summed E-state index contributed by atoms with van der Waals surface area (Å²) < 4.78 is 5.58. The summed E-state index contributed by atoms with van der Waals surface area (Å²) in [4.78, 5) is 0. The maximum Gasteiger partial charge on any atom is 0.126 e. The molecule has 1 rings (SSSR count). The van der Waals surface area contributed by atoms with Gasteiger partial charge in [0.05, 0.1) is 6.61 Å². The van der Waals surface area contributed by atoms with Gasteiger partial charge in [-0.1, -0.05) is 43.7 Å². The molecule has 0 saturated carbocycles. The molecule has 0 aromatic heterocycles. The summed E-state index contributed by atoms with van der Waals surface area (Å²) in [7, 11) is 0. The summed E-state index contributed by atoms with van der Waals surface area (Å²) in [5.41, 5.74) is 8.09. The molecule has 0 radical (unpaired) electrons. The van der Waals surface area contributed by atoms with Crippen LogP contribution in [0.15, 0.2) is 29.8 Å². The van der Waals surface area contributed by atoms with E-state index in [0.717, 1.165) is 11.3 Å². The second-order valence-corrected chi connectivity index (χ2v) is 4.05. The highest BCUT2D eigenvalue weighted by Gasteiger charge is 2.04. The average Bonchev–Trinajstić information content (AvgIpc) is 2.27. The summed E-state index contributed by atoms with van der Waals surface area (Å²) in [6, 6.07) is 8.05. The third kappa shape index (κ3) is 3.38. The lowest BCUT2D eigenvalue weighted by molar-refractivity contribution is 0.339. The maximum absolute atomic E-state index is 5.74. The Morgan fingerprint density at radius 2 is 2.06 bits per heavy atom. The Bertz CT molecular complexity index is 356. The minimum atomic E-state index is 0.472. The number of ether oxygens (including phenoxy) is 1. The first kappa shape index (κ1) is 12.8. The van der Waals surface area contributed by atoms with E-state index in [0.29, 0.717) is 19.1 Å². The van der Waals surface area contributed by atoms with E-state index in [-0.39, 0.29) is 0 Å². The molecule has 0 aliphatic carbocycles. The molecule has 0 saturated heterocycles. The molecule has 0 bridgehead atoms. The first-order valence-electron chi connectivity index (χ1n) is 5.81. The maximum atomic E-state index is 5.74. The van der Waals surface area contributed by atoms with Crippen LogP contribution in [0.5, 0.6) is 5.75 Å². The van der Waals surface area contributed by atoms with E-state index in [2.05, 4.69) is 26.0 Å². The standard InChI is InChI=1S/C14H21NO/c1-4-16-14-8-6-5-7-12(14)9-13(10-15)11(2)3/h5-9,11H,4,10,15H2,1-3H3. The second kappa shape index (κ2) is 6.33. The molecule has 1 aromatic carbocycles. The van der Waals surface area contributed by atoms with Crippen molar-refractivity contribution >= 4 is 6.08 Å². The lowest BCUT2D eigenvalue weighted by Crippen LogP contribution is -2.08. The predicted octanol–water partition coefficient (Wildman–Crippen LogP) is 3.08. The van der Waals surface area contributed by atoms with Crippen molar-refractivity contribution < 1.29 is 4.74 Å². The minimum Gasteiger partial charge on any atom is -0.493 e. The fourth-order valence-electron chi connectivity index (χ4n) is 1.55. The third-order valence-electron chi connectivity index (χ3n) is 2.54. The molecule has 88 valence electrons. The van der Waals surface area contributed by atoms with Crippen LogP contribution in [0, 0.1) is 5.92 Å². The molecule has 2 nitrogen and oxygen atoms in total. The fraction of sp³-hybridized carbons (Fsp3) is 0.429. The van der Waals surface area contributed by atoms with Crippen molar-refractivity contribution in [1.82, 2.24) is 0 Å². The Kier molecular flexibility index (Phi) is 5.06. The number of rotatable bonds is 5. The van der Waals surface area contributed by atoms with Gasteiger partial charge < -0.3 is 10.5 Å². The van der Waals surface area contributed by atoms with Crippen molar-refractivity contribution in [2.45, 2.75) is 20.8 Å². The zero-order chi connectivity index (χ0) is 12.0. The fourth-order valence-corrected chi connectivity index (χ4v) is 1.55. The Morgan fingerprint density at radius 1 is 1.38 bits per heavy atom. The van der Waals surface area contributed by atoms with E-state index < -0.39 is 0 Å². The molecule has 0 spiro atoms. The first-order valence-corrected chi connectivity index (χ1v) is 5.81. The molecule has 0 fully saturated rings. The van der Waals surface area contributed by atoms with Gasteiger partial charge in [-0.15, -0.1) is 0 Å². The van der Waals surface area contributed by atoms with E-state index in [1.54, 1.807) is 0 Å². The third-order valence-corrected chi connectivity index (χ3v) is 2.54. The number of benzene rings is 1. The van der Waals surface area contributed by atoms with Gasteiger partial charge in [0.2, 0.25) is 0 Å². The lowest BCUT2D eigenvalue weighted by atomic mass is 10.00. The SMILES string of the molecule is CCOc1ccccc1C=C(CN)C(C)C. The molecule has 0 unspecified atom stereocenters. The summed E-state index contributed by atoms with van der Waals surface area (Å²) >= 11 is 0. The highest BCUT2D eigenvalue weighted by Crippen LogP contribution is 2.22.